The molecule has 1 saturated heterocycles. The maximum atomic E-state index is 6.13. The highest BCUT2D eigenvalue weighted by molar-refractivity contribution is 5.82. The largest absolute Gasteiger partial charge is 0.477 e. The molecule has 10 nitrogen and oxygen atoms in total. The van der Waals surface area contributed by atoms with Crippen molar-refractivity contribution in [3.05, 3.63) is 42.1 Å². The van der Waals surface area contributed by atoms with E-state index in [4.69, 9.17) is 18.9 Å². The quantitative estimate of drug-likeness (QED) is 0.396. The van der Waals surface area contributed by atoms with Crippen LogP contribution in [0.4, 0.5) is 11.8 Å². The minimum absolute atomic E-state index is 0.139. The van der Waals surface area contributed by atoms with Gasteiger partial charge < -0.3 is 28.8 Å². The molecule has 2 aromatic heterocycles. The standard InChI is InChI=1S/C27H36N6O4/c1-34-23-8-7-19(15-24(23)35-2)9-12-37-26-16-25(33-10-13-36-14-11-33)30-27(31-26)32-29-18-20-17-28-22-6-4-3-5-21(20)22/h3-6,16-17,19,23-24,28H,7-15,18H2,1-2H3. The summed E-state index contributed by atoms with van der Waals surface area (Å²) < 4.78 is 22.9. The fraction of sp³-hybridized carbons (Fsp3) is 0.556. The Morgan fingerprint density at radius 3 is 2.76 bits per heavy atom. The molecule has 198 valence electrons. The minimum Gasteiger partial charge on any atom is -0.477 e. The zero-order valence-electron chi connectivity index (χ0n) is 21.6. The van der Waals surface area contributed by atoms with E-state index >= 15 is 0 Å². The maximum Gasteiger partial charge on any atom is 0.273 e. The molecule has 1 N–H and O–H groups in total. The van der Waals surface area contributed by atoms with Gasteiger partial charge in [-0.05, 0) is 37.7 Å². The van der Waals surface area contributed by atoms with Crippen molar-refractivity contribution in [1.82, 2.24) is 15.0 Å². The summed E-state index contributed by atoms with van der Waals surface area (Å²) >= 11 is 0. The van der Waals surface area contributed by atoms with Gasteiger partial charge in [-0.25, -0.2) is 0 Å². The molecule has 0 amide bonds. The van der Waals surface area contributed by atoms with Crippen LogP contribution in [0.15, 0.2) is 46.8 Å². The lowest BCUT2D eigenvalue weighted by Crippen LogP contribution is -2.37. The first-order valence-electron chi connectivity index (χ1n) is 13.1. The summed E-state index contributed by atoms with van der Waals surface area (Å²) in [5, 5.41) is 9.91. The van der Waals surface area contributed by atoms with Gasteiger partial charge in [0.25, 0.3) is 5.95 Å². The van der Waals surface area contributed by atoms with Crippen molar-refractivity contribution in [2.24, 2.45) is 16.1 Å². The molecule has 1 aromatic carbocycles. The van der Waals surface area contributed by atoms with E-state index in [1.54, 1.807) is 14.2 Å². The third-order valence-corrected chi connectivity index (χ3v) is 7.31. The number of aromatic nitrogens is 3. The highest BCUT2D eigenvalue weighted by Gasteiger charge is 2.30. The van der Waals surface area contributed by atoms with Crippen molar-refractivity contribution in [3.8, 4) is 5.88 Å². The molecule has 2 aliphatic rings. The van der Waals surface area contributed by atoms with Gasteiger partial charge in [0, 0.05) is 56.0 Å². The Hall–Kier alpha value is -3.08. The fourth-order valence-electron chi connectivity index (χ4n) is 5.21. The molecule has 3 aromatic rings. The Bertz CT molecular complexity index is 1180. The van der Waals surface area contributed by atoms with Crippen LogP contribution in [0.3, 0.4) is 0 Å². The minimum atomic E-state index is 0.139. The molecule has 0 radical (unpaired) electrons. The first-order valence-corrected chi connectivity index (χ1v) is 13.1. The summed E-state index contributed by atoms with van der Waals surface area (Å²) in [6, 6.07) is 10.1. The molecule has 0 bridgehead atoms. The van der Waals surface area contributed by atoms with Crippen LogP contribution >= 0.6 is 0 Å². The average molecular weight is 509 g/mol. The molecule has 3 heterocycles. The number of aromatic amines is 1. The molecule has 37 heavy (non-hydrogen) atoms. The fourth-order valence-corrected chi connectivity index (χ4v) is 5.21. The second-order valence-corrected chi connectivity index (χ2v) is 9.59. The van der Waals surface area contributed by atoms with Gasteiger partial charge in [0.15, 0.2) is 0 Å². The van der Waals surface area contributed by atoms with Crippen LogP contribution in [0.2, 0.25) is 0 Å². The molecule has 3 unspecified atom stereocenters. The predicted molar refractivity (Wildman–Crippen MR) is 141 cm³/mol. The van der Waals surface area contributed by atoms with Crippen LogP contribution in [-0.2, 0) is 20.8 Å². The maximum absolute atomic E-state index is 6.13. The summed E-state index contributed by atoms with van der Waals surface area (Å²) in [5.74, 6) is 2.15. The smallest absolute Gasteiger partial charge is 0.273 e. The van der Waals surface area contributed by atoms with Crippen molar-refractivity contribution in [3.63, 3.8) is 0 Å². The summed E-state index contributed by atoms with van der Waals surface area (Å²) in [6.07, 6.45) is 6.32. The van der Waals surface area contributed by atoms with E-state index in [0.717, 1.165) is 61.1 Å². The molecule has 10 heteroatoms. The Labute approximate surface area is 217 Å². The number of rotatable bonds is 10. The zero-order chi connectivity index (χ0) is 25.5. The number of anilines is 1. The van der Waals surface area contributed by atoms with Gasteiger partial charge in [-0.15, -0.1) is 5.11 Å². The van der Waals surface area contributed by atoms with Gasteiger partial charge in [0.1, 0.15) is 5.82 Å². The average Bonchev–Trinajstić information content (AvgIpc) is 3.36. The molecular formula is C27H36N6O4. The lowest BCUT2D eigenvalue weighted by molar-refractivity contribution is -0.0719. The van der Waals surface area contributed by atoms with Gasteiger partial charge in [-0.1, -0.05) is 18.2 Å². The van der Waals surface area contributed by atoms with Crippen LogP contribution in [0, 0.1) is 5.92 Å². The predicted octanol–water partition coefficient (Wildman–Crippen LogP) is 4.68. The number of hydrogen-bond donors (Lipinski definition) is 1. The van der Waals surface area contributed by atoms with E-state index in [1.807, 2.05) is 30.5 Å². The van der Waals surface area contributed by atoms with Crippen LogP contribution in [0.5, 0.6) is 5.88 Å². The molecule has 5 rings (SSSR count). The van der Waals surface area contributed by atoms with E-state index in [2.05, 4.69) is 36.1 Å². The SMILES string of the molecule is COC1CCC(CCOc2cc(N3CCOCC3)nc(N=NCc3c[nH]c4ccccc34)n2)CC1OC. The zero-order valence-corrected chi connectivity index (χ0v) is 21.6. The van der Waals surface area contributed by atoms with Gasteiger partial charge in [-0.3, -0.25) is 0 Å². The number of para-hydroxylation sites is 1. The lowest BCUT2D eigenvalue weighted by Gasteiger charge is -2.34. The molecular weight excluding hydrogens is 472 g/mol. The first kappa shape index (κ1) is 25.6. The van der Waals surface area contributed by atoms with Crippen LogP contribution in [0.1, 0.15) is 31.2 Å². The summed E-state index contributed by atoms with van der Waals surface area (Å²) in [4.78, 5) is 14.6. The van der Waals surface area contributed by atoms with Crippen molar-refractivity contribution < 1.29 is 18.9 Å². The third kappa shape index (κ3) is 6.44. The number of methoxy groups -OCH3 is 2. The Kier molecular flexibility index (Phi) is 8.60. The second kappa shape index (κ2) is 12.4. The van der Waals surface area contributed by atoms with Crippen molar-refractivity contribution in [2.75, 3.05) is 52.0 Å². The van der Waals surface area contributed by atoms with E-state index in [-0.39, 0.29) is 12.2 Å². The number of azo groups is 1. The number of benzene rings is 1. The van der Waals surface area contributed by atoms with Crippen LogP contribution in [0.25, 0.3) is 10.9 Å². The Morgan fingerprint density at radius 1 is 1.08 bits per heavy atom. The van der Waals surface area contributed by atoms with Gasteiger partial charge >= 0.3 is 0 Å². The Balaban J connectivity index is 1.25. The van der Waals surface area contributed by atoms with E-state index in [1.165, 1.54) is 0 Å². The van der Waals surface area contributed by atoms with Crippen LogP contribution in [-0.4, -0.2) is 74.3 Å². The number of nitrogens with zero attached hydrogens (tertiary/aromatic N) is 5. The van der Waals surface area contributed by atoms with Gasteiger partial charge in [0.05, 0.1) is 38.6 Å². The molecule has 1 aliphatic carbocycles. The van der Waals surface area contributed by atoms with E-state index in [0.29, 0.717) is 44.1 Å². The normalized spacial score (nSPS) is 22.6. The summed E-state index contributed by atoms with van der Waals surface area (Å²) in [5.41, 5.74) is 2.17. The van der Waals surface area contributed by atoms with Crippen molar-refractivity contribution in [2.45, 2.75) is 44.4 Å². The molecule has 1 aliphatic heterocycles. The number of nitrogens with one attached hydrogen (secondary N) is 1. The van der Waals surface area contributed by atoms with Crippen molar-refractivity contribution >= 4 is 22.7 Å². The molecule has 2 fully saturated rings. The van der Waals surface area contributed by atoms with Gasteiger partial charge in [0.2, 0.25) is 5.88 Å². The number of ether oxygens (including phenoxy) is 4. The third-order valence-electron chi connectivity index (χ3n) is 7.31. The van der Waals surface area contributed by atoms with E-state index < -0.39 is 0 Å². The molecule has 0 spiro atoms. The number of H-pyrrole nitrogens is 1. The monoisotopic (exact) mass is 508 g/mol. The summed E-state index contributed by atoms with van der Waals surface area (Å²) in [7, 11) is 3.52. The molecule has 1 saturated carbocycles. The molecule has 3 atom stereocenters. The first-order chi connectivity index (χ1) is 18.2. The Morgan fingerprint density at radius 2 is 1.92 bits per heavy atom. The van der Waals surface area contributed by atoms with Gasteiger partial charge in [-0.2, -0.15) is 15.1 Å². The van der Waals surface area contributed by atoms with Crippen LogP contribution < -0.4 is 9.64 Å². The topological polar surface area (TPSA) is 106 Å². The lowest BCUT2D eigenvalue weighted by atomic mass is 9.83. The van der Waals surface area contributed by atoms with E-state index in [9.17, 15) is 0 Å². The summed E-state index contributed by atoms with van der Waals surface area (Å²) in [6.45, 7) is 3.89. The number of fused-ring (bicyclic) bond motifs is 1. The highest BCUT2D eigenvalue weighted by Crippen LogP contribution is 2.31. The number of morpholine rings is 1. The second-order valence-electron chi connectivity index (χ2n) is 9.59. The van der Waals surface area contributed by atoms with Crippen molar-refractivity contribution in [1.29, 1.82) is 0 Å². The highest BCUT2D eigenvalue weighted by atomic mass is 16.5. The number of hydrogen-bond acceptors (Lipinski definition) is 9.